The molecule has 1 saturated heterocycles. The van der Waals surface area contributed by atoms with Crippen molar-refractivity contribution in [1.29, 1.82) is 0 Å². The fraction of sp³-hybridized carbons (Fsp3) is 0.875. The Balaban J connectivity index is 1.86. The summed E-state index contributed by atoms with van der Waals surface area (Å²) in [6.45, 7) is 7.15. The van der Waals surface area contributed by atoms with Crippen molar-refractivity contribution in [1.82, 2.24) is 4.90 Å². The van der Waals surface area contributed by atoms with Crippen LogP contribution in [-0.4, -0.2) is 40.8 Å². The molecule has 0 radical (unpaired) electrons. The minimum absolute atomic E-state index is 0.214. The average molecular weight is 297 g/mol. The Labute approximate surface area is 126 Å². The van der Waals surface area contributed by atoms with E-state index in [1.807, 2.05) is 25.7 Å². The van der Waals surface area contributed by atoms with Gasteiger partial charge in [0.15, 0.2) is 0 Å². The van der Waals surface area contributed by atoms with Gasteiger partial charge in [0, 0.05) is 19.5 Å². The first-order chi connectivity index (χ1) is 9.74. The minimum Gasteiger partial charge on any atom is -0.481 e. The van der Waals surface area contributed by atoms with Gasteiger partial charge in [0.25, 0.3) is 0 Å². The molecule has 1 heterocycles. The van der Waals surface area contributed by atoms with E-state index in [4.69, 9.17) is 9.84 Å². The van der Waals surface area contributed by atoms with Crippen molar-refractivity contribution < 1.29 is 19.4 Å². The van der Waals surface area contributed by atoms with Crippen LogP contribution in [-0.2, 0) is 9.53 Å². The van der Waals surface area contributed by atoms with Crippen LogP contribution in [0.4, 0.5) is 4.79 Å². The summed E-state index contributed by atoms with van der Waals surface area (Å²) in [5, 5.41) is 8.92. The number of piperidine rings is 1. The van der Waals surface area contributed by atoms with Gasteiger partial charge in [0.05, 0.1) is 0 Å². The SMILES string of the molecule is CC(C)(C)OC(=O)N1CCC2CC(CC(=O)O)CCC2C1. The van der Waals surface area contributed by atoms with Crippen LogP contribution < -0.4 is 0 Å². The van der Waals surface area contributed by atoms with Crippen molar-refractivity contribution in [3.63, 3.8) is 0 Å². The predicted octanol–water partition coefficient (Wildman–Crippen LogP) is 3.13. The van der Waals surface area contributed by atoms with Crippen molar-refractivity contribution in [2.75, 3.05) is 13.1 Å². The standard InChI is InChI=1S/C16H27NO4/c1-16(2,3)21-15(20)17-7-6-12-8-11(9-14(18)19)4-5-13(12)10-17/h11-13H,4-10H2,1-3H3,(H,18,19). The van der Waals surface area contributed by atoms with E-state index in [1.165, 1.54) is 0 Å². The number of carbonyl (C=O) groups is 2. The number of carbonyl (C=O) groups excluding carboxylic acids is 1. The van der Waals surface area contributed by atoms with Crippen LogP contribution in [0.5, 0.6) is 0 Å². The number of aliphatic carboxylic acids is 1. The van der Waals surface area contributed by atoms with Crippen LogP contribution in [0.3, 0.4) is 0 Å². The summed E-state index contributed by atoms with van der Waals surface area (Å²) in [6.07, 6.45) is 4.05. The number of amides is 1. The molecule has 2 fully saturated rings. The van der Waals surface area contributed by atoms with E-state index in [0.29, 0.717) is 24.2 Å². The zero-order valence-corrected chi connectivity index (χ0v) is 13.3. The third-order valence-corrected chi connectivity index (χ3v) is 4.59. The molecule has 3 unspecified atom stereocenters. The Hall–Kier alpha value is -1.26. The summed E-state index contributed by atoms with van der Waals surface area (Å²) in [5.41, 5.74) is -0.451. The lowest BCUT2D eigenvalue weighted by molar-refractivity contribution is -0.138. The topological polar surface area (TPSA) is 66.8 Å². The fourth-order valence-electron chi connectivity index (χ4n) is 3.64. The molecule has 2 aliphatic rings. The second-order valence-corrected chi connectivity index (χ2v) is 7.51. The van der Waals surface area contributed by atoms with E-state index in [0.717, 1.165) is 38.8 Å². The minimum atomic E-state index is -0.690. The highest BCUT2D eigenvalue weighted by atomic mass is 16.6. The Morgan fingerprint density at radius 3 is 2.52 bits per heavy atom. The zero-order chi connectivity index (χ0) is 15.6. The van der Waals surface area contributed by atoms with Gasteiger partial charge in [0.1, 0.15) is 5.60 Å². The first kappa shape index (κ1) is 16.1. The summed E-state index contributed by atoms with van der Waals surface area (Å²) in [6, 6.07) is 0. The Morgan fingerprint density at radius 1 is 1.19 bits per heavy atom. The van der Waals surface area contributed by atoms with E-state index in [2.05, 4.69) is 0 Å². The molecular weight excluding hydrogens is 270 g/mol. The zero-order valence-electron chi connectivity index (χ0n) is 13.3. The van der Waals surface area contributed by atoms with Crippen molar-refractivity contribution in [3.05, 3.63) is 0 Å². The summed E-state index contributed by atoms with van der Waals surface area (Å²) < 4.78 is 5.44. The monoisotopic (exact) mass is 297 g/mol. The van der Waals surface area contributed by atoms with Gasteiger partial charge in [-0.1, -0.05) is 0 Å². The molecule has 2 rings (SSSR count). The number of fused-ring (bicyclic) bond motifs is 1. The number of rotatable bonds is 2. The van der Waals surface area contributed by atoms with Crippen molar-refractivity contribution in [3.8, 4) is 0 Å². The number of carboxylic acid groups (broad SMARTS) is 1. The number of ether oxygens (including phenoxy) is 1. The van der Waals surface area contributed by atoms with Gasteiger partial charge < -0.3 is 14.7 Å². The molecule has 0 spiro atoms. The molecule has 1 saturated carbocycles. The molecule has 0 aromatic rings. The van der Waals surface area contributed by atoms with E-state index in [9.17, 15) is 9.59 Å². The number of hydrogen-bond donors (Lipinski definition) is 1. The molecule has 3 atom stereocenters. The predicted molar refractivity (Wildman–Crippen MR) is 79.0 cm³/mol. The lowest BCUT2D eigenvalue weighted by atomic mass is 9.70. The number of carboxylic acids is 1. The maximum absolute atomic E-state index is 12.1. The number of nitrogens with zero attached hydrogens (tertiary/aromatic N) is 1. The lowest BCUT2D eigenvalue weighted by Gasteiger charge is -2.43. The van der Waals surface area contributed by atoms with Gasteiger partial charge in [-0.2, -0.15) is 0 Å². The molecule has 0 aromatic carbocycles. The molecule has 1 amide bonds. The smallest absolute Gasteiger partial charge is 0.410 e. The maximum atomic E-state index is 12.1. The van der Waals surface area contributed by atoms with Crippen molar-refractivity contribution in [2.24, 2.45) is 17.8 Å². The first-order valence-corrected chi connectivity index (χ1v) is 7.94. The van der Waals surface area contributed by atoms with Crippen molar-refractivity contribution in [2.45, 2.75) is 58.5 Å². The normalized spacial score (nSPS) is 29.7. The van der Waals surface area contributed by atoms with E-state index in [1.54, 1.807) is 0 Å². The highest BCUT2D eigenvalue weighted by Gasteiger charge is 2.37. The fourth-order valence-corrected chi connectivity index (χ4v) is 3.64. The summed E-state index contributed by atoms with van der Waals surface area (Å²) in [4.78, 5) is 24.8. The molecule has 5 nitrogen and oxygen atoms in total. The molecular formula is C16H27NO4. The maximum Gasteiger partial charge on any atom is 0.410 e. The Kier molecular flexibility index (Phi) is 4.79. The molecule has 120 valence electrons. The van der Waals surface area contributed by atoms with E-state index < -0.39 is 11.6 Å². The second-order valence-electron chi connectivity index (χ2n) is 7.51. The lowest BCUT2D eigenvalue weighted by Crippen LogP contribution is -2.47. The molecule has 1 aliphatic carbocycles. The van der Waals surface area contributed by atoms with Gasteiger partial charge in [-0.05, 0) is 64.2 Å². The molecule has 1 N–H and O–H groups in total. The van der Waals surface area contributed by atoms with Crippen LogP contribution in [0.15, 0.2) is 0 Å². The van der Waals surface area contributed by atoms with E-state index in [-0.39, 0.29) is 6.09 Å². The summed E-state index contributed by atoms with van der Waals surface area (Å²) in [7, 11) is 0. The van der Waals surface area contributed by atoms with E-state index >= 15 is 0 Å². The van der Waals surface area contributed by atoms with Crippen LogP contribution >= 0.6 is 0 Å². The van der Waals surface area contributed by atoms with Gasteiger partial charge in [-0.3, -0.25) is 4.79 Å². The Bertz CT molecular complexity index is 402. The van der Waals surface area contributed by atoms with Crippen LogP contribution in [0, 0.1) is 17.8 Å². The molecule has 5 heteroatoms. The molecule has 0 aromatic heterocycles. The quantitative estimate of drug-likeness (QED) is 0.850. The largest absolute Gasteiger partial charge is 0.481 e. The third kappa shape index (κ3) is 4.61. The highest BCUT2D eigenvalue weighted by Crippen LogP contribution is 2.40. The van der Waals surface area contributed by atoms with Gasteiger partial charge in [-0.25, -0.2) is 4.79 Å². The molecule has 21 heavy (non-hydrogen) atoms. The third-order valence-electron chi connectivity index (χ3n) is 4.59. The van der Waals surface area contributed by atoms with Gasteiger partial charge >= 0.3 is 12.1 Å². The summed E-state index contributed by atoms with van der Waals surface area (Å²) in [5.74, 6) is 0.708. The Morgan fingerprint density at radius 2 is 1.90 bits per heavy atom. The number of hydrogen-bond acceptors (Lipinski definition) is 3. The number of likely N-dealkylation sites (tertiary alicyclic amines) is 1. The van der Waals surface area contributed by atoms with Gasteiger partial charge in [-0.15, -0.1) is 0 Å². The van der Waals surface area contributed by atoms with Crippen LogP contribution in [0.1, 0.15) is 52.9 Å². The first-order valence-electron chi connectivity index (χ1n) is 7.94. The van der Waals surface area contributed by atoms with Crippen LogP contribution in [0.2, 0.25) is 0 Å². The second kappa shape index (κ2) is 6.24. The highest BCUT2D eigenvalue weighted by molar-refractivity contribution is 5.68. The van der Waals surface area contributed by atoms with Crippen molar-refractivity contribution >= 4 is 12.1 Å². The van der Waals surface area contributed by atoms with Gasteiger partial charge in [0.2, 0.25) is 0 Å². The molecule has 1 aliphatic heterocycles. The molecule has 0 bridgehead atoms. The van der Waals surface area contributed by atoms with Crippen LogP contribution in [0.25, 0.3) is 0 Å². The summed E-state index contributed by atoms with van der Waals surface area (Å²) >= 11 is 0. The average Bonchev–Trinajstić information content (AvgIpc) is 2.35.